The maximum absolute atomic E-state index is 13.3. The Kier molecular flexibility index (Phi) is 5.83. The number of hydrogen-bond donors (Lipinski definition) is 1. The molecule has 2 heterocycles. The van der Waals surface area contributed by atoms with Gasteiger partial charge in [0.05, 0.1) is 17.9 Å². The van der Waals surface area contributed by atoms with Crippen molar-refractivity contribution in [2.75, 3.05) is 13.2 Å². The molecule has 2 aromatic rings. The number of nitrogens with one attached hydrogen (secondary N) is 1. The highest BCUT2D eigenvalue weighted by atomic mass is 32.2. The summed E-state index contributed by atoms with van der Waals surface area (Å²) < 4.78 is 34.3. The van der Waals surface area contributed by atoms with Gasteiger partial charge in [-0.2, -0.15) is 0 Å². The molecule has 1 aliphatic carbocycles. The van der Waals surface area contributed by atoms with Gasteiger partial charge in [-0.3, -0.25) is 4.79 Å². The summed E-state index contributed by atoms with van der Waals surface area (Å²) in [5.41, 5.74) is 3.19. The van der Waals surface area contributed by atoms with Crippen LogP contribution in [0.3, 0.4) is 0 Å². The Balaban J connectivity index is 1.47. The Morgan fingerprint density at radius 2 is 1.82 bits per heavy atom. The molecule has 3 fully saturated rings. The van der Waals surface area contributed by atoms with E-state index in [9.17, 15) is 13.2 Å². The summed E-state index contributed by atoms with van der Waals surface area (Å²) in [5, 5.41) is -0.518. The van der Waals surface area contributed by atoms with Gasteiger partial charge in [-0.05, 0) is 49.8 Å². The van der Waals surface area contributed by atoms with Crippen molar-refractivity contribution in [1.82, 2.24) is 9.62 Å². The summed E-state index contributed by atoms with van der Waals surface area (Å²) in [7, 11) is -3.47. The zero-order valence-corrected chi connectivity index (χ0v) is 20.1. The van der Waals surface area contributed by atoms with Crippen molar-refractivity contribution >= 4 is 15.9 Å². The topological polar surface area (TPSA) is 75.7 Å². The molecule has 6 nitrogen and oxygen atoms in total. The average molecular weight is 469 g/mol. The number of benzene rings is 2. The molecule has 0 unspecified atom stereocenters. The molecular formula is C26H32N2O4S. The van der Waals surface area contributed by atoms with Gasteiger partial charge in [0.2, 0.25) is 10.0 Å². The summed E-state index contributed by atoms with van der Waals surface area (Å²) in [5.74, 6) is 0.00276. The minimum atomic E-state index is -3.47. The first-order chi connectivity index (χ1) is 15.8. The lowest BCUT2D eigenvalue weighted by molar-refractivity contribution is -0.157. The molecule has 0 aromatic heterocycles. The van der Waals surface area contributed by atoms with Crippen LogP contribution in [0.5, 0.6) is 0 Å². The van der Waals surface area contributed by atoms with E-state index in [-0.39, 0.29) is 29.5 Å². The minimum Gasteiger partial charge on any atom is -0.368 e. The number of rotatable bonds is 7. The first-order valence-electron chi connectivity index (χ1n) is 11.9. The van der Waals surface area contributed by atoms with E-state index < -0.39 is 15.3 Å². The van der Waals surface area contributed by atoms with Crippen molar-refractivity contribution in [3.63, 3.8) is 0 Å². The van der Waals surface area contributed by atoms with E-state index in [2.05, 4.69) is 35.1 Å². The summed E-state index contributed by atoms with van der Waals surface area (Å²) in [6.07, 6.45) is 2.83. The Morgan fingerprint density at radius 3 is 2.42 bits per heavy atom. The third kappa shape index (κ3) is 4.34. The smallest absolute Gasteiger partial charge is 0.252 e. The lowest BCUT2D eigenvalue weighted by Gasteiger charge is -2.34. The van der Waals surface area contributed by atoms with Crippen LogP contribution in [-0.2, 0) is 26.0 Å². The van der Waals surface area contributed by atoms with Crippen LogP contribution in [0.2, 0.25) is 0 Å². The first-order valence-corrected chi connectivity index (χ1v) is 13.4. The van der Waals surface area contributed by atoms with Gasteiger partial charge in [0, 0.05) is 24.4 Å². The molecule has 33 heavy (non-hydrogen) atoms. The van der Waals surface area contributed by atoms with E-state index in [1.807, 2.05) is 29.2 Å². The van der Waals surface area contributed by atoms with E-state index in [4.69, 9.17) is 4.74 Å². The molecule has 1 amide bonds. The predicted octanol–water partition coefficient (Wildman–Crippen LogP) is 3.37. The standard InChI is InChI=1S/C26H32N2O4S/c1-18(2)33(30,31)27-24-22(28(17-26(24)12-13-26)25(29)23-11-14-32-23)16-19-7-6-10-21(15-19)20-8-4-3-5-9-20/h3-10,15,18,22-24,27H,11-14,16-17H2,1-2H3/t22-,23+,24+/m0/s1. The minimum absolute atomic E-state index is 0.00276. The summed E-state index contributed by atoms with van der Waals surface area (Å²) in [6.45, 7) is 4.60. The molecule has 3 aliphatic rings. The highest BCUT2D eigenvalue weighted by molar-refractivity contribution is 7.90. The summed E-state index contributed by atoms with van der Waals surface area (Å²) in [4.78, 5) is 15.2. The molecule has 7 heteroatoms. The molecule has 2 aliphatic heterocycles. The Bertz CT molecular complexity index is 1120. The maximum Gasteiger partial charge on any atom is 0.252 e. The van der Waals surface area contributed by atoms with Gasteiger partial charge in [0.15, 0.2) is 0 Å². The molecule has 176 valence electrons. The van der Waals surface area contributed by atoms with Crippen LogP contribution in [0.1, 0.15) is 38.7 Å². The second-order valence-corrected chi connectivity index (χ2v) is 12.3. The van der Waals surface area contributed by atoms with Crippen LogP contribution in [0.4, 0.5) is 0 Å². The van der Waals surface area contributed by atoms with Gasteiger partial charge in [-0.15, -0.1) is 0 Å². The molecule has 1 N–H and O–H groups in total. The molecule has 5 rings (SSSR count). The number of carbonyl (C=O) groups is 1. The second kappa shape index (κ2) is 8.53. The quantitative estimate of drug-likeness (QED) is 0.676. The highest BCUT2D eigenvalue weighted by Crippen LogP contribution is 2.56. The molecule has 2 aromatic carbocycles. The first kappa shape index (κ1) is 22.6. The number of carbonyl (C=O) groups excluding carboxylic acids is 1. The van der Waals surface area contributed by atoms with Crippen LogP contribution in [-0.4, -0.2) is 55.8 Å². The fourth-order valence-corrected chi connectivity index (χ4v) is 6.16. The van der Waals surface area contributed by atoms with Gasteiger partial charge in [-0.25, -0.2) is 13.1 Å². The largest absolute Gasteiger partial charge is 0.368 e. The fraction of sp³-hybridized carbons (Fsp3) is 0.500. The number of nitrogens with zero attached hydrogens (tertiary/aromatic N) is 1. The van der Waals surface area contributed by atoms with Gasteiger partial charge >= 0.3 is 0 Å². The number of hydrogen-bond acceptors (Lipinski definition) is 4. The van der Waals surface area contributed by atoms with Crippen LogP contribution >= 0.6 is 0 Å². The number of amides is 1. The third-order valence-corrected chi connectivity index (χ3v) is 9.29. The van der Waals surface area contributed by atoms with E-state index in [0.29, 0.717) is 19.6 Å². The number of likely N-dealkylation sites (tertiary alicyclic amines) is 1. The van der Waals surface area contributed by atoms with Crippen molar-refractivity contribution in [3.8, 4) is 11.1 Å². The molecule has 3 atom stereocenters. The van der Waals surface area contributed by atoms with E-state index in [0.717, 1.165) is 36.0 Å². The van der Waals surface area contributed by atoms with Crippen molar-refractivity contribution in [1.29, 1.82) is 0 Å². The van der Waals surface area contributed by atoms with Gasteiger partial charge in [-0.1, -0.05) is 54.6 Å². The monoisotopic (exact) mass is 468 g/mol. The fourth-order valence-electron chi connectivity index (χ4n) is 5.12. The summed E-state index contributed by atoms with van der Waals surface area (Å²) >= 11 is 0. The lowest BCUT2D eigenvalue weighted by Crippen LogP contribution is -2.53. The van der Waals surface area contributed by atoms with Crippen LogP contribution in [0.25, 0.3) is 11.1 Å². The van der Waals surface area contributed by atoms with Crippen LogP contribution in [0.15, 0.2) is 54.6 Å². The third-order valence-electron chi connectivity index (χ3n) is 7.47. The maximum atomic E-state index is 13.3. The second-order valence-electron chi connectivity index (χ2n) is 10.0. The van der Waals surface area contributed by atoms with Gasteiger partial charge < -0.3 is 9.64 Å². The molecule has 0 bridgehead atoms. The highest BCUT2D eigenvalue weighted by Gasteiger charge is 2.62. The Hall–Kier alpha value is -2.22. The Morgan fingerprint density at radius 1 is 1.12 bits per heavy atom. The van der Waals surface area contributed by atoms with Crippen molar-refractivity contribution in [2.24, 2.45) is 5.41 Å². The van der Waals surface area contributed by atoms with Crippen molar-refractivity contribution < 1.29 is 17.9 Å². The van der Waals surface area contributed by atoms with E-state index >= 15 is 0 Å². The van der Waals surface area contributed by atoms with Crippen molar-refractivity contribution in [3.05, 3.63) is 60.2 Å². The molecule has 0 radical (unpaired) electrons. The van der Waals surface area contributed by atoms with Crippen LogP contribution in [0, 0.1) is 5.41 Å². The van der Waals surface area contributed by atoms with E-state index in [1.165, 1.54) is 0 Å². The number of sulfonamides is 1. The van der Waals surface area contributed by atoms with Gasteiger partial charge in [0.25, 0.3) is 5.91 Å². The zero-order valence-electron chi connectivity index (χ0n) is 19.2. The van der Waals surface area contributed by atoms with Crippen molar-refractivity contribution in [2.45, 2.75) is 63.0 Å². The van der Waals surface area contributed by atoms with Crippen LogP contribution < -0.4 is 4.72 Å². The van der Waals surface area contributed by atoms with Gasteiger partial charge in [0.1, 0.15) is 6.10 Å². The molecule has 1 saturated carbocycles. The number of ether oxygens (including phenoxy) is 1. The summed E-state index contributed by atoms with van der Waals surface area (Å²) in [6, 6.07) is 18.0. The Labute approximate surface area is 196 Å². The molecular weight excluding hydrogens is 436 g/mol. The zero-order chi connectivity index (χ0) is 23.2. The predicted molar refractivity (Wildman–Crippen MR) is 128 cm³/mol. The lowest BCUT2D eigenvalue weighted by atomic mass is 9.91. The van der Waals surface area contributed by atoms with E-state index in [1.54, 1.807) is 13.8 Å². The normalized spacial score (nSPS) is 25.9. The molecule has 2 saturated heterocycles. The average Bonchev–Trinajstić information content (AvgIpc) is 3.49. The SMILES string of the molecule is CC(C)S(=O)(=O)N[C@@H]1[C@H](Cc2cccc(-c3ccccc3)c2)N(C(=O)[C@H]2CCO2)CC12CC2. The molecule has 1 spiro atoms.